The van der Waals surface area contributed by atoms with Crippen LogP contribution in [-0.4, -0.2) is 35.4 Å². The van der Waals surface area contributed by atoms with Crippen LogP contribution in [-0.2, 0) is 16.1 Å². The molecule has 6 heteroatoms. The van der Waals surface area contributed by atoms with Crippen LogP contribution >= 0.6 is 11.6 Å². The average Bonchev–Trinajstić information content (AvgIpc) is 2.71. The number of carbonyl (C=O) groups is 2. The van der Waals surface area contributed by atoms with E-state index in [0.29, 0.717) is 10.8 Å². The van der Waals surface area contributed by atoms with Gasteiger partial charge in [-0.1, -0.05) is 54.9 Å². The summed E-state index contributed by atoms with van der Waals surface area (Å²) in [6.07, 6.45) is 0.814. The number of ether oxygens (including phenoxy) is 1. The molecule has 0 saturated heterocycles. The third kappa shape index (κ3) is 6.27. The molecule has 2 amide bonds. The lowest BCUT2D eigenvalue weighted by molar-refractivity contribution is -0.142. The maximum absolute atomic E-state index is 12.9. The van der Waals surface area contributed by atoms with Crippen molar-refractivity contribution in [3.05, 3.63) is 65.2 Å². The second kappa shape index (κ2) is 10.7. The predicted octanol–water partition coefficient (Wildman–Crippen LogP) is 4.05. The zero-order chi connectivity index (χ0) is 20.5. The standard InChI is InChI=1S/C22H27ClN2O3/c1-4-16(2)24-22(27)17(3)25(14-18-10-8-9-13-20(18)23)21(26)15-28-19-11-6-5-7-12-19/h5-13,16-17H,4,14-15H2,1-3H3,(H,24,27)/t16-,17+/m0/s1. The van der Waals surface area contributed by atoms with Gasteiger partial charge in [-0.05, 0) is 44.0 Å². The molecule has 0 aliphatic carbocycles. The van der Waals surface area contributed by atoms with Crippen molar-refractivity contribution >= 4 is 23.4 Å². The van der Waals surface area contributed by atoms with E-state index in [2.05, 4.69) is 5.32 Å². The summed E-state index contributed by atoms with van der Waals surface area (Å²) in [5.74, 6) is 0.121. The molecule has 0 aliphatic rings. The van der Waals surface area contributed by atoms with Crippen LogP contribution < -0.4 is 10.1 Å². The molecule has 0 fully saturated rings. The van der Waals surface area contributed by atoms with Crippen molar-refractivity contribution < 1.29 is 14.3 Å². The first kappa shape index (κ1) is 21.8. The summed E-state index contributed by atoms with van der Waals surface area (Å²) in [5, 5.41) is 3.49. The second-order valence-corrected chi connectivity index (χ2v) is 7.12. The van der Waals surface area contributed by atoms with Crippen molar-refractivity contribution in [3.8, 4) is 5.75 Å². The van der Waals surface area contributed by atoms with Crippen LogP contribution in [0.15, 0.2) is 54.6 Å². The van der Waals surface area contributed by atoms with E-state index in [1.54, 1.807) is 25.1 Å². The smallest absolute Gasteiger partial charge is 0.261 e. The molecule has 0 aromatic heterocycles. The lowest BCUT2D eigenvalue weighted by atomic mass is 10.1. The van der Waals surface area contributed by atoms with Crippen LogP contribution in [0.25, 0.3) is 0 Å². The summed E-state index contributed by atoms with van der Waals surface area (Å²) < 4.78 is 5.59. The van der Waals surface area contributed by atoms with Crippen LogP contribution in [0, 0.1) is 0 Å². The molecule has 2 atom stereocenters. The van der Waals surface area contributed by atoms with E-state index in [0.717, 1.165) is 12.0 Å². The number of carbonyl (C=O) groups excluding carboxylic acids is 2. The topological polar surface area (TPSA) is 58.6 Å². The SMILES string of the molecule is CC[C@H](C)NC(=O)[C@@H](C)N(Cc1ccccc1Cl)C(=O)COc1ccccc1. The second-order valence-electron chi connectivity index (χ2n) is 6.71. The number of rotatable bonds is 9. The third-order valence-electron chi connectivity index (χ3n) is 4.57. The Kier molecular flexibility index (Phi) is 8.33. The van der Waals surface area contributed by atoms with Gasteiger partial charge >= 0.3 is 0 Å². The molecule has 0 spiro atoms. The van der Waals surface area contributed by atoms with E-state index in [1.165, 1.54) is 4.90 Å². The Morgan fingerprint density at radius 3 is 2.36 bits per heavy atom. The molecule has 2 rings (SSSR count). The molecular weight excluding hydrogens is 376 g/mol. The van der Waals surface area contributed by atoms with Gasteiger partial charge in [0.15, 0.2) is 6.61 Å². The molecular formula is C22H27ClN2O3. The Hall–Kier alpha value is -2.53. The Labute approximate surface area is 171 Å². The van der Waals surface area contributed by atoms with Crippen molar-refractivity contribution in [2.24, 2.45) is 0 Å². The van der Waals surface area contributed by atoms with Gasteiger partial charge in [-0.2, -0.15) is 0 Å². The van der Waals surface area contributed by atoms with E-state index in [4.69, 9.17) is 16.3 Å². The molecule has 5 nitrogen and oxygen atoms in total. The highest BCUT2D eigenvalue weighted by Crippen LogP contribution is 2.19. The fraction of sp³-hybridized carbons (Fsp3) is 0.364. The molecule has 28 heavy (non-hydrogen) atoms. The van der Waals surface area contributed by atoms with Crippen LogP contribution in [0.4, 0.5) is 0 Å². The van der Waals surface area contributed by atoms with E-state index in [-0.39, 0.29) is 31.0 Å². The molecule has 0 heterocycles. The minimum atomic E-state index is -0.655. The Bertz CT molecular complexity index is 782. The van der Waals surface area contributed by atoms with Crippen molar-refractivity contribution in [3.63, 3.8) is 0 Å². The monoisotopic (exact) mass is 402 g/mol. The molecule has 0 radical (unpaired) electrons. The fourth-order valence-electron chi connectivity index (χ4n) is 2.60. The summed E-state index contributed by atoms with van der Waals surface area (Å²) in [7, 11) is 0. The first-order valence-corrected chi connectivity index (χ1v) is 9.81. The maximum atomic E-state index is 12.9. The van der Waals surface area contributed by atoms with Crippen LogP contribution in [0.1, 0.15) is 32.8 Å². The zero-order valence-electron chi connectivity index (χ0n) is 16.5. The highest BCUT2D eigenvalue weighted by Gasteiger charge is 2.27. The quantitative estimate of drug-likeness (QED) is 0.688. The average molecular weight is 403 g/mol. The number of hydrogen-bond acceptors (Lipinski definition) is 3. The number of halogens is 1. The summed E-state index contributed by atoms with van der Waals surface area (Å²) in [6, 6.07) is 15.8. The Morgan fingerprint density at radius 2 is 1.71 bits per heavy atom. The van der Waals surface area contributed by atoms with Gasteiger partial charge in [0.2, 0.25) is 5.91 Å². The first-order chi connectivity index (χ1) is 13.4. The molecule has 0 aliphatic heterocycles. The molecule has 150 valence electrons. The number of nitrogens with one attached hydrogen (secondary N) is 1. The van der Waals surface area contributed by atoms with Gasteiger partial charge < -0.3 is 15.0 Å². The summed E-state index contributed by atoms with van der Waals surface area (Å²) in [5.41, 5.74) is 0.778. The molecule has 2 aromatic carbocycles. The van der Waals surface area contributed by atoms with E-state index < -0.39 is 6.04 Å². The van der Waals surface area contributed by atoms with Gasteiger partial charge in [0.05, 0.1) is 0 Å². The van der Waals surface area contributed by atoms with Gasteiger partial charge in [0.25, 0.3) is 5.91 Å². The Morgan fingerprint density at radius 1 is 1.07 bits per heavy atom. The molecule has 0 bridgehead atoms. The lowest BCUT2D eigenvalue weighted by Crippen LogP contribution is -2.50. The van der Waals surface area contributed by atoms with E-state index in [9.17, 15) is 9.59 Å². The predicted molar refractivity (Wildman–Crippen MR) is 111 cm³/mol. The molecule has 1 N–H and O–H groups in total. The van der Waals surface area contributed by atoms with Crippen molar-refractivity contribution in [1.29, 1.82) is 0 Å². The minimum Gasteiger partial charge on any atom is -0.484 e. The highest BCUT2D eigenvalue weighted by molar-refractivity contribution is 6.31. The maximum Gasteiger partial charge on any atom is 0.261 e. The summed E-state index contributed by atoms with van der Waals surface area (Å²) in [6.45, 7) is 5.72. The molecule has 2 aromatic rings. The van der Waals surface area contributed by atoms with Gasteiger partial charge in [-0.3, -0.25) is 9.59 Å². The van der Waals surface area contributed by atoms with Gasteiger partial charge in [-0.25, -0.2) is 0 Å². The first-order valence-electron chi connectivity index (χ1n) is 9.43. The van der Waals surface area contributed by atoms with Crippen molar-refractivity contribution in [2.75, 3.05) is 6.61 Å². The number of nitrogens with zero attached hydrogens (tertiary/aromatic N) is 1. The minimum absolute atomic E-state index is 0.0350. The van der Waals surface area contributed by atoms with Gasteiger partial charge in [0, 0.05) is 17.6 Å². The number of amides is 2. The summed E-state index contributed by atoms with van der Waals surface area (Å²) >= 11 is 6.27. The normalized spacial score (nSPS) is 12.7. The van der Waals surface area contributed by atoms with Crippen LogP contribution in [0.3, 0.4) is 0 Å². The van der Waals surface area contributed by atoms with Crippen molar-refractivity contribution in [1.82, 2.24) is 10.2 Å². The lowest BCUT2D eigenvalue weighted by Gasteiger charge is -2.29. The summed E-state index contributed by atoms with van der Waals surface area (Å²) in [4.78, 5) is 27.0. The van der Waals surface area contributed by atoms with Crippen molar-refractivity contribution in [2.45, 2.75) is 45.8 Å². The van der Waals surface area contributed by atoms with Crippen LogP contribution in [0.5, 0.6) is 5.75 Å². The molecule has 0 saturated carbocycles. The fourth-order valence-corrected chi connectivity index (χ4v) is 2.80. The van der Waals surface area contributed by atoms with Gasteiger partial charge in [0.1, 0.15) is 11.8 Å². The largest absolute Gasteiger partial charge is 0.484 e. The third-order valence-corrected chi connectivity index (χ3v) is 4.94. The van der Waals surface area contributed by atoms with Crippen LogP contribution in [0.2, 0.25) is 5.02 Å². The Balaban J connectivity index is 2.15. The zero-order valence-corrected chi connectivity index (χ0v) is 17.3. The number of benzene rings is 2. The number of hydrogen-bond donors (Lipinski definition) is 1. The molecule has 0 unspecified atom stereocenters. The van der Waals surface area contributed by atoms with Gasteiger partial charge in [-0.15, -0.1) is 0 Å². The van der Waals surface area contributed by atoms with E-state index in [1.807, 2.05) is 50.2 Å². The van der Waals surface area contributed by atoms with E-state index >= 15 is 0 Å². The number of para-hydroxylation sites is 1. The highest BCUT2D eigenvalue weighted by atomic mass is 35.5.